The molecule has 1 saturated heterocycles. The standard InChI is InChI=1S/C15H27NO3/c1-4-6-7-12(5-2)10-13(17)16-9-8-15(3,11-16)14(18)19/h12H,4-11H2,1-3H3,(H,18,19). The summed E-state index contributed by atoms with van der Waals surface area (Å²) in [5.74, 6) is -0.210. The first-order valence-electron chi connectivity index (χ1n) is 7.44. The summed E-state index contributed by atoms with van der Waals surface area (Å²) in [6.45, 7) is 6.97. The maximum absolute atomic E-state index is 12.2. The van der Waals surface area contributed by atoms with Crippen molar-refractivity contribution in [2.24, 2.45) is 11.3 Å². The molecule has 0 radical (unpaired) electrons. The lowest BCUT2D eigenvalue weighted by Crippen LogP contribution is -2.35. The highest BCUT2D eigenvalue weighted by molar-refractivity contribution is 5.80. The van der Waals surface area contributed by atoms with Crippen molar-refractivity contribution in [2.45, 2.75) is 59.3 Å². The first-order chi connectivity index (χ1) is 8.92. The molecule has 0 aliphatic carbocycles. The Morgan fingerprint density at radius 2 is 2.05 bits per heavy atom. The third kappa shape index (κ3) is 4.22. The summed E-state index contributed by atoms with van der Waals surface area (Å²) in [5, 5.41) is 9.18. The fourth-order valence-electron chi connectivity index (χ4n) is 2.67. The number of carboxylic acids is 1. The van der Waals surface area contributed by atoms with Gasteiger partial charge in [-0.1, -0.05) is 33.1 Å². The fourth-order valence-corrected chi connectivity index (χ4v) is 2.67. The highest BCUT2D eigenvalue weighted by Gasteiger charge is 2.42. The van der Waals surface area contributed by atoms with Crippen molar-refractivity contribution in [3.63, 3.8) is 0 Å². The van der Waals surface area contributed by atoms with Gasteiger partial charge in [-0.05, 0) is 25.7 Å². The van der Waals surface area contributed by atoms with Gasteiger partial charge >= 0.3 is 5.97 Å². The van der Waals surface area contributed by atoms with E-state index in [1.807, 2.05) is 0 Å². The Bertz CT molecular complexity index is 329. The minimum absolute atomic E-state index is 0.132. The second-order valence-electron chi connectivity index (χ2n) is 6.05. The highest BCUT2D eigenvalue weighted by Crippen LogP contribution is 2.31. The molecule has 1 amide bonds. The van der Waals surface area contributed by atoms with Gasteiger partial charge in [0.05, 0.1) is 5.41 Å². The van der Waals surface area contributed by atoms with Crippen molar-refractivity contribution in [3.05, 3.63) is 0 Å². The second-order valence-corrected chi connectivity index (χ2v) is 6.05. The molecule has 2 unspecified atom stereocenters. The summed E-state index contributed by atoms with van der Waals surface area (Å²) in [7, 11) is 0. The number of unbranched alkanes of at least 4 members (excludes halogenated alkanes) is 1. The van der Waals surface area contributed by atoms with Gasteiger partial charge in [-0.25, -0.2) is 0 Å². The molecule has 1 rings (SSSR count). The molecule has 0 aromatic carbocycles. The van der Waals surface area contributed by atoms with Crippen LogP contribution in [0.5, 0.6) is 0 Å². The molecule has 1 aliphatic heterocycles. The number of hydrogen-bond acceptors (Lipinski definition) is 2. The summed E-state index contributed by atoms with van der Waals surface area (Å²) in [5.41, 5.74) is -0.749. The Kier molecular flexibility index (Phi) is 5.83. The van der Waals surface area contributed by atoms with Gasteiger partial charge < -0.3 is 10.0 Å². The van der Waals surface area contributed by atoms with E-state index in [4.69, 9.17) is 0 Å². The molecule has 4 nitrogen and oxygen atoms in total. The number of likely N-dealkylation sites (tertiary alicyclic amines) is 1. The Morgan fingerprint density at radius 3 is 2.53 bits per heavy atom. The van der Waals surface area contributed by atoms with E-state index < -0.39 is 11.4 Å². The van der Waals surface area contributed by atoms with Crippen molar-refractivity contribution >= 4 is 11.9 Å². The molecule has 0 saturated carbocycles. The second kappa shape index (κ2) is 6.92. The Morgan fingerprint density at radius 1 is 1.37 bits per heavy atom. The molecular weight excluding hydrogens is 242 g/mol. The van der Waals surface area contributed by atoms with Crippen molar-refractivity contribution in [1.82, 2.24) is 4.90 Å². The van der Waals surface area contributed by atoms with Gasteiger partial charge in [-0.3, -0.25) is 9.59 Å². The van der Waals surface area contributed by atoms with Crippen LogP contribution in [-0.4, -0.2) is 35.0 Å². The normalized spacial score (nSPS) is 24.5. The van der Waals surface area contributed by atoms with Crippen molar-refractivity contribution in [1.29, 1.82) is 0 Å². The summed E-state index contributed by atoms with van der Waals surface area (Å²) in [6.07, 6.45) is 5.59. The molecule has 1 heterocycles. The number of rotatable bonds is 7. The molecule has 1 aliphatic rings. The quantitative estimate of drug-likeness (QED) is 0.773. The summed E-state index contributed by atoms with van der Waals surface area (Å²) >= 11 is 0. The average Bonchev–Trinajstić information content (AvgIpc) is 2.78. The lowest BCUT2D eigenvalue weighted by atomic mass is 9.90. The molecule has 110 valence electrons. The van der Waals surface area contributed by atoms with E-state index in [1.165, 1.54) is 6.42 Å². The number of amides is 1. The number of nitrogens with zero attached hydrogens (tertiary/aromatic N) is 1. The van der Waals surface area contributed by atoms with E-state index >= 15 is 0 Å². The largest absolute Gasteiger partial charge is 0.481 e. The van der Waals surface area contributed by atoms with Gasteiger partial charge in [-0.15, -0.1) is 0 Å². The van der Waals surface area contributed by atoms with Crippen LogP contribution >= 0.6 is 0 Å². The van der Waals surface area contributed by atoms with Gasteiger partial charge in [0.1, 0.15) is 0 Å². The zero-order valence-electron chi connectivity index (χ0n) is 12.4. The van der Waals surface area contributed by atoms with Crippen LogP contribution in [0.15, 0.2) is 0 Å². The number of carboxylic acid groups (broad SMARTS) is 1. The molecule has 0 bridgehead atoms. The summed E-state index contributed by atoms with van der Waals surface area (Å²) in [6, 6.07) is 0. The maximum Gasteiger partial charge on any atom is 0.311 e. The Labute approximate surface area is 116 Å². The van der Waals surface area contributed by atoms with E-state index in [2.05, 4.69) is 13.8 Å². The highest BCUT2D eigenvalue weighted by atomic mass is 16.4. The predicted molar refractivity (Wildman–Crippen MR) is 74.9 cm³/mol. The monoisotopic (exact) mass is 269 g/mol. The van der Waals surface area contributed by atoms with Crippen LogP contribution in [0.4, 0.5) is 0 Å². The molecule has 19 heavy (non-hydrogen) atoms. The minimum atomic E-state index is -0.791. The number of aliphatic carboxylic acids is 1. The Balaban J connectivity index is 2.48. The fraction of sp³-hybridized carbons (Fsp3) is 0.867. The van der Waals surface area contributed by atoms with Crippen LogP contribution in [0, 0.1) is 11.3 Å². The van der Waals surface area contributed by atoms with Crippen LogP contribution in [0.3, 0.4) is 0 Å². The van der Waals surface area contributed by atoms with E-state index in [0.717, 1.165) is 19.3 Å². The van der Waals surface area contributed by atoms with Crippen LogP contribution in [-0.2, 0) is 9.59 Å². The zero-order valence-corrected chi connectivity index (χ0v) is 12.4. The molecule has 1 fully saturated rings. The van der Waals surface area contributed by atoms with Crippen molar-refractivity contribution in [3.8, 4) is 0 Å². The van der Waals surface area contributed by atoms with Gasteiger partial charge in [-0.2, -0.15) is 0 Å². The summed E-state index contributed by atoms with van der Waals surface area (Å²) in [4.78, 5) is 25.1. The molecule has 2 atom stereocenters. The van der Waals surface area contributed by atoms with Crippen LogP contribution in [0.25, 0.3) is 0 Å². The molecule has 0 spiro atoms. The van der Waals surface area contributed by atoms with Gasteiger partial charge in [0.2, 0.25) is 5.91 Å². The van der Waals surface area contributed by atoms with E-state index in [0.29, 0.717) is 31.8 Å². The SMILES string of the molecule is CCCCC(CC)CC(=O)N1CCC(C)(C(=O)O)C1. The van der Waals surface area contributed by atoms with Crippen molar-refractivity contribution < 1.29 is 14.7 Å². The molecule has 1 N–H and O–H groups in total. The van der Waals surface area contributed by atoms with Crippen molar-refractivity contribution in [2.75, 3.05) is 13.1 Å². The topological polar surface area (TPSA) is 57.6 Å². The molecular formula is C15H27NO3. The molecule has 0 aromatic rings. The van der Waals surface area contributed by atoms with Gasteiger partial charge in [0, 0.05) is 19.5 Å². The third-order valence-corrected chi connectivity index (χ3v) is 4.35. The van der Waals surface area contributed by atoms with E-state index in [1.54, 1.807) is 11.8 Å². The van der Waals surface area contributed by atoms with Crippen LogP contribution in [0.2, 0.25) is 0 Å². The smallest absolute Gasteiger partial charge is 0.311 e. The first-order valence-corrected chi connectivity index (χ1v) is 7.44. The van der Waals surface area contributed by atoms with Gasteiger partial charge in [0.25, 0.3) is 0 Å². The summed E-state index contributed by atoms with van der Waals surface area (Å²) < 4.78 is 0. The number of carbonyl (C=O) groups is 2. The predicted octanol–water partition coefficient (Wildman–Crippen LogP) is 2.92. The lowest BCUT2D eigenvalue weighted by molar-refractivity contribution is -0.147. The molecule has 0 aromatic heterocycles. The van der Waals surface area contributed by atoms with Crippen LogP contribution in [0.1, 0.15) is 59.3 Å². The van der Waals surface area contributed by atoms with Crippen LogP contribution < -0.4 is 0 Å². The minimum Gasteiger partial charge on any atom is -0.481 e. The lowest BCUT2D eigenvalue weighted by Gasteiger charge is -2.22. The van der Waals surface area contributed by atoms with E-state index in [-0.39, 0.29) is 5.91 Å². The third-order valence-electron chi connectivity index (χ3n) is 4.35. The first kappa shape index (κ1) is 16.0. The average molecular weight is 269 g/mol. The molecule has 4 heteroatoms. The Hall–Kier alpha value is -1.06. The number of carbonyl (C=O) groups excluding carboxylic acids is 1. The van der Waals surface area contributed by atoms with Gasteiger partial charge in [0.15, 0.2) is 0 Å². The number of hydrogen-bond donors (Lipinski definition) is 1. The maximum atomic E-state index is 12.2. The zero-order chi connectivity index (χ0) is 14.5. The van der Waals surface area contributed by atoms with E-state index in [9.17, 15) is 14.7 Å².